The van der Waals surface area contributed by atoms with Gasteiger partial charge in [0.05, 0.1) is 12.2 Å². The van der Waals surface area contributed by atoms with Gasteiger partial charge in [-0.1, -0.05) is 18.2 Å². The van der Waals surface area contributed by atoms with E-state index in [4.69, 9.17) is 0 Å². The summed E-state index contributed by atoms with van der Waals surface area (Å²) in [6.07, 6.45) is 1.85. The van der Waals surface area contributed by atoms with E-state index in [1.807, 2.05) is 6.07 Å². The second-order valence-electron chi connectivity index (χ2n) is 8.03. The van der Waals surface area contributed by atoms with Gasteiger partial charge in [0.1, 0.15) is 11.6 Å². The maximum absolute atomic E-state index is 14.8. The lowest BCUT2D eigenvalue weighted by Crippen LogP contribution is -2.45. The third kappa shape index (κ3) is 2.93. The fraction of sp³-hybridized carbons (Fsp3) is 0.261. The Kier molecular flexibility index (Phi) is 4.39. The van der Waals surface area contributed by atoms with Gasteiger partial charge in [-0.15, -0.1) is 0 Å². The van der Waals surface area contributed by atoms with Gasteiger partial charge in [0.25, 0.3) is 5.91 Å². The summed E-state index contributed by atoms with van der Waals surface area (Å²) < 4.78 is 30.2. The summed E-state index contributed by atoms with van der Waals surface area (Å²) in [7, 11) is 1.57. The summed E-state index contributed by atoms with van der Waals surface area (Å²) in [5, 5.41) is 14.5. The molecule has 3 aromatic rings. The Hall–Kier alpha value is -3.55. The number of carbonyl (C=O) groups is 1. The number of benzene rings is 2. The van der Waals surface area contributed by atoms with E-state index in [9.17, 15) is 23.5 Å². The molecule has 31 heavy (non-hydrogen) atoms. The predicted molar refractivity (Wildman–Crippen MR) is 108 cm³/mol. The molecule has 1 aliphatic carbocycles. The van der Waals surface area contributed by atoms with Gasteiger partial charge in [0.15, 0.2) is 11.4 Å². The Morgan fingerprint density at radius 3 is 2.71 bits per heavy atom. The van der Waals surface area contributed by atoms with Gasteiger partial charge in [-0.25, -0.2) is 8.78 Å². The predicted octanol–water partition coefficient (Wildman–Crippen LogP) is 2.78. The number of aryl methyl sites for hydroxylation is 1. The van der Waals surface area contributed by atoms with Gasteiger partial charge in [-0.2, -0.15) is 5.10 Å². The summed E-state index contributed by atoms with van der Waals surface area (Å²) >= 11 is 0. The maximum Gasteiger partial charge on any atom is 0.275 e. The van der Waals surface area contributed by atoms with Crippen molar-refractivity contribution in [2.75, 3.05) is 13.6 Å². The first-order valence-electron chi connectivity index (χ1n) is 9.98. The number of nitrogens with zero attached hydrogens (tertiary/aromatic N) is 3. The van der Waals surface area contributed by atoms with Gasteiger partial charge in [0, 0.05) is 19.5 Å². The number of aromatic hydroxyl groups is 1. The smallest absolute Gasteiger partial charge is 0.275 e. The molecule has 8 heteroatoms. The number of fused-ring (bicyclic) bond motifs is 3. The van der Waals surface area contributed by atoms with Gasteiger partial charge >= 0.3 is 0 Å². The molecular formula is C23H19F2N3O3. The number of aromatic nitrogens is 2. The highest BCUT2D eigenvalue weighted by molar-refractivity contribution is 5.95. The van der Waals surface area contributed by atoms with Crippen LogP contribution in [0, 0.1) is 11.6 Å². The fourth-order valence-electron chi connectivity index (χ4n) is 4.84. The van der Waals surface area contributed by atoms with Gasteiger partial charge in [-0.05, 0) is 53.3 Å². The Balaban J connectivity index is 1.81. The van der Waals surface area contributed by atoms with E-state index in [1.165, 1.54) is 27.8 Å². The van der Waals surface area contributed by atoms with Crippen molar-refractivity contribution in [1.29, 1.82) is 0 Å². The molecule has 1 amide bonds. The number of hydrogen-bond donors (Lipinski definition) is 1. The molecule has 0 fully saturated rings. The van der Waals surface area contributed by atoms with Crippen LogP contribution in [0.4, 0.5) is 8.78 Å². The molecule has 0 saturated carbocycles. The van der Waals surface area contributed by atoms with Crippen molar-refractivity contribution in [2.24, 2.45) is 0 Å². The number of likely N-dealkylation sites (N-methyl/N-ethyl adjacent to an activating group) is 1. The van der Waals surface area contributed by atoms with Gasteiger partial charge in [0.2, 0.25) is 5.43 Å². The monoisotopic (exact) mass is 423 g/mol. The molecule has 6 nitrogen and oxygen atoms in total. The molecule has 2 atom stereocenters. The van der Waals surface area contributed by atoms with E-state index in [2.05, 4.69) is 5.10 Å². The van der Waals surface area contributed by atoms with Crippen LogP contribution in [-0.4, -0.2) is 39.3 Å². The van der Waals surface area contributed by atoms with Crippen LogP contribution >= 0.6 is 0 Å². The molecular weight excluding hydrogens is 404 g/mol. The third-order valence-corrected chi connectivity index (χ3v) is 6.27. The molecule has 0 saturated heterocycles. The van der Waals surface area contributed by atoms with Crippen molar-refractivity contribution in [2.45, 2.75) is 24.8 Å². The molecule has 2 aromatic carbocycles. The van der Waals surface area contributed by atoms with Crippen molar-refractivity contribution >= 4 is 5.91 Å². The highest BCUT2D eigenvalue weighted by atomic mass is 19.1. The van der Waals surface area contributed by atoms with E-state index < -0.39 is 29.0 Å². The first-order chi connectivity index (χ1) is 14.9. The van der Waals surface area contributed by atoms with Crippen LogP contribution in [0.1, 0.15) is 44.7 Å². The average Bonchev–Trinajstić information content (AvgIpc) is 2.90. The van der Waals surface area contributed by atoms with Crippen LogP contribution in [-0.2, 0) is 12.8 Å². The summed E-state index contributed by atoms with van der Waals surface area (Å²) in [4.78, 5) is 26.1. The number of carbonyl (C=O) groups excluding carboxylic acids is 1. The van der Waals surface area contributed by atoms with Crippen LogP contribution in [0.15, 0.2) is 47.4 Å². The van der Waals surface area contributed by atoms with Crippen molar-refractivity contribution in [3.8, 4) is 5.75 Å². The lowest BCUT2D eigenvalue weighted by Gasteiger charge is -2.38. The lowest BCUT2D eigenvalue weighted by molar-refractivity contribution is 0.0686. The number of halogens is 2. The summed E-state index contributed by atoms with van der Waals surface area (Å²) in [6.45, 7) is 0.221. The topological polar surface area (TPSA) is 75.4 Å². The zero-order valence-electron chi connectivity index (χ0n) is 16.7. The molecule has 1 aromatic heterocycles. The molecule has 1 N–H and O–H groups in total. The number of hydrogen-bond acceptors (Lipinski definition) is 4. The standard InChI is InChI=1S/C23H19F2N3O3/c1-27-11-18(28-21(23(27)31)22(30)19(29)10-26-28)20-14-8-6-13(24)9-12(14)5-7-15-16(20)3-2-4-17(15)25/h2-4,6,8-10,18,20,30H,5,7,11H2,1H3/t18-,20?/m0/s1. The Labute approximate surface area is 176 Å². The van der Waals surface area contributed by atoms with Crippen LogP contribution in [0.2, 0.25) is 0 Å². The second kappa shape index (κ2) is 7.01. The molecule has 1 aliphatic heterocycles. The maximum atomic E-state index is 14.8. The zero-order chi connectivity index (χ0) is 21.9. The molecule has 1 unspecified atom stereocenters. The molecule has 0 bridgehead atoms. The summed E-state index contributed by atoms with van der Waals surface area (Å²) in [5.74, 6) is -2.37. The van der Waals surface area contributed by atoms with Crippen LogP contribution in [0.3, 0.4) is 0 Å². The highest BCUT2D eigenvalue weighted by Crippen LogP contribution is 2.44. The van der Waals surface area contributed by atoms with E-state index in [1.54, 1.807) is 19.2 Å². The number of rotatable bonds is 1. The van der Waals surface area contributed by atoms with Crippen LogP contribution in [0.25, 0.3) is 0 Å². The summed E-state index contributed by atoms with van der Waals surface area (Å²) in [5.41, 5.74) is 1.89. The lowest BCUT2D eigenvalue weighted by atomic mass is 9.81. The van der Waals surface area contributed by atoms with E-state index in [0.29, 0.717) is 18.4 Å². The van der Waals surface area contributed by atoms with Gasteiger partial charge < -0.3 is 10.0 Å². The minimum atomic E-state index is -0.747. The minimum Gasteiger partial charge on any atom is -0.502 e. The second-order valence-corrected chi connectivity index (χ2v) is 8.03. The highest BCUT2D eigenvalue weighted by Gasteiger charge is 2.40. The molecule has 0 spiro atoms. The average molecular weight is 423 g/mol. The Morgan fingerprint density at radius 2 is 1.90 bits per heavy atom. The molecule has 5 rings (SSSR count). The first-order valence-corrected chi connectivity index (χ1v) is 9.98. The van der Waals surface area contributed by atoms with Crippen LogP contribution < -0.4 is 5.43 Å². The first kappa shape index (κ1) is 19.4. The van der Waals surface area contributed by atoms with E-state index >= 15 is 0 Å². The van der Waals surface area contributed by atoms with Crippen molar-refractivity contribution in [1.82, 2.24) is 14.7 Å². The van der Waals surface area contributed by atoms with Crippen molar-refractivity contribution < 1.29 is 18.7 Å². The minimum absolute atomic E-state index is 0.197. The van der Waals surface area contributed by atoms with E-state index in [0.717, 1.165) is 22.9 Å². The zero-order valence-corrected chi connectivity index (χ0v) is 16.7. The van der Waals surface area contributed by atoms with Gasteiger partial charge in [-0.3, -0.25) is 14.3 Å². The molecule has 2 aliphatic rings. The van der Waals surface area contributed by atoms with E-state index in [-0.39, 0.29) is 23.9 Å². The largest absolute Gasteiger partial charge is 0.502 e. The molecule has 0 radical (unpaired) electrons. The quantitative estimate of drug-likeness (QED) is 0.653. The van der Waals surface area contributed by atoms with Crippen molar-refractivity contribution in [3.63, 3.8) is 0 Å². The normalized spacial score (nSPS) is 20.0. The summed E-state index contributed by atoms with van der Waals surface area (Å²) in [6, 6.07) is 8.84. The Bertz CT molecular complexity index is 1290. The molecule has 2 heterocycles. The Morgan fingerprint density at radius 1 is 1.10 bits per heavy atom. The van der Waals surface area contributed by atoms with Crippen LogP contribution in [0.5, 0.6) is 5.75 Å². The third-order valence-electron chi connectivity index (χ3n) is 6.27. The fourth-order valence-corrected chi connectivity index (χ4v) is 4.84. The molecule has 158 valence electrons. The SMILES string of the molecule is CN1C[C@@H](C2c3ccc(F)cc3CCc3c(F)cccc32)n2ncc(=O)c(O)c2C1=O. The number of amides is 1. The van der Waals surface area contributed by atoms with Crippen molar-refractivity contribution in [3.05, 3.63) is 92.4 Å².